The molecule has 0 fully saturated rings. The molecule has 0 unspecified atom stereocenters. The highest BCUT2D eigenvalue weighted by atomic mass is 16.6. The molecule has 1 aliphatic carbocycles. The number of para-hydroxylation sites is 2. The Morgan fingerprint density at radius 2 is 1.52 bits per heavy atom. The number of aryl methyl sites for hydroxylation is 1. The summed E-state index contributed by atoms with van der Waals surface area (Å²) in [5.74, 6) is 3.10. The first kappa shape index (κ1) is 13.1. The molecule has 6 rings (SSSR count). The summed E-state index contributed by atoms with van der Waals surface area (Å²) in [5, 5.41) is 3.51. The van der Waals surface area contributed by atoms with E-state index in [2.05, 4.69) is 35.3 Å². The number of benzene rings is 3. The van der Waals surface area contributed by atoms with E-state index >= 15 is 0 Å². The van der Waals surface area contributed by atoms with Crippen LogP contribution in [0.2, 0.25) is 0 Å². The number of aromatic amines is 1. The fourth-order valence-electron chi connectivity index (χ4n) is 4.00. The molecule has 0 amide bonds. The number of hydrogen-bond donors (Lipinski definition) is 1. The van der Waals surface area contributed by atoms with Gasteiger partial charge in [-0.05, 0) is 30.4 Å². The highest BCUT2D eigenvalue weighted by Crippen LogP contribution is 2.53. The Hall–Kier alpha value is -3.20. The minimum atomic E-state index is 0.759. The SMILES string of the molecule is C1=Cc2c([nH]c3c4c(c5ccccc5c23)Oc2ccccc2O4)CC1. The van der Waals surface area contributed by atoms with Crippen LogP contribution in [-0.4, -0.2) is 4.98 Å². The lowest BCUT2D eigenvalue weighted by molar-refractivity contribution is 0.366. The largest absolute Gasteiger partial charge is 0.449 e. The van der Waals surface area contributed by atoms with Gasteiger partial charge in [-0.25, -0.2) is 0 Å². The molecule has 2 heterocycles. The Balaban J connectivity index is 1.78. The van der Waals surface area contributed by atoms with E-state index in [1.807, 2.05) is 30.3 Å². The molecule has 25 heavy (non-hydrogen) atoms. The smallest absolute Gasteiger partial charge is 0.194 e. The number of ether oxygens (including phenoxy) is 2. The first-order valence-corrected chi connectivity index (χ1v) is 8.61. The van der Waals surface area contributed by atoms with E-state index in [0.29, 0.717) is 0 Å². The van der Waals surface area contributed by atoms with Gasteiger partial charge in [0, 0.05) is 22.0 Å². The molecule has 3 nitrogen and oxygen atoms in total. The zero-order valence-electron chi connectivity index (χ0n) is 13.5. The minimum Gasteiger partial charge on any atom is -0.449 e. The maximum absolute atomic E-state index is 6.30. The van der Waals surface area contributed by atoms with Crippen LogP contribution in [0.3, 0.4) is 0 Å². The van der Waals surface area contributed by atoms with Gasteiger partial charge in [0.2, 0.25) is 0 Å². The van der Waals surface area contributed by atoms with Gasteiger partial charge in [0.1, 0.15) is 0 Å². The minimum absolute atomic E-state index is 0.759. The van der Waals surface area contributed by atoms with Gasteiger partial charge in [-0.2, -0.15) is 0 Å². The summed E-state index contributed by atoms with van der Waals surface area (Å²) in [6.45, 7) is 0. The Morgan fingerprint density at radius 1 is 0.800 bits per heavy atom. The number of fused-ring (bicyclic) bond motifs is 9. The predicted octanol–water partition coefficient (Wildman–Crippen LogP) is 6.18. The van der Waals surface area contributed by atoms with Crippen molar-refractivity contribution < 1.29 is 9.47 Å². The molecule has 120 valence electrons. The summed E-state index contributed by atoms with van der Waals surface area (Å²) >= 11 is 0. The van der Waals surface area contributed by atoms with Crippen molar-refractivity contribution in [2.24, 2.45) is 0 Å². The zero-order valence-corrected chi connectivity index (χ0v) is 13.5. The van der Waals surface area contributed by atoms with Gasteiger partial charge < -0.3 is 14.5 Å². The summed E-state index contributed by atoms with van der Waals surface area (Å²) in [6.07, 6.45) is 6.58. The fraction of sp³-hybridized carbons (Fsp3) is 0.0909. The van der Waals surface area contributed by atoms with Gasteiger partial charge in [-0.15, -0.1) is 0 Å². The number of allylic oxidation sites excluding steroid dienone is 1. The molecule has 3 heteroatoms. The van der Waals surface area contributed by atoms with Gasteiger partial charge >= 0.3 is 0 Å². The van der Waals surface area contributed by atoms with Crippen molar-refractivity contribution in [1.29, 1.82) is 0 Å². The molecule has 1 aliphatic heterocycles. The van der Waals surface area contributed by atoms with Crippen molar-refractivity contribution in [3.63, 3.8) is 0 Å². The van der Waals surface area contributed by atoms with E-state index < -0.39 is 0 Å². The van der Waals surface area contributed by atoms with Gasteiger partial charge in [-0.1, -0.05) is 48.6 Å². The zero-order chi connectivity index (χ0) is 16.4. The molecule has 0 saturated carbocycles. The average Bonchev–Trinajstić information content (AvgIpc) is 3.07. The Kier molecular flexibility index (Phi) is 2.45. The lowest BCUT2D eigenvalue weighted by Crippen LogP contribution is -2.00. The van der Waals surface area contributed by atoms with Crippen molar-refractivity contribution >= 4 is 27.8 Å². The molecule has 0 spiro atoms. The first-order chi connectivity index (χ1) is 12.4. The molecule has 0 saturated heterocycles. The van der Waals surface area contributed by atoms with Crippen molar-refractivity contribution in [1.82, 2.24) is 4.98 Å². The molecule has 0 atom stereocenters. The molecule has 0 radical (unpaired) electrons. The number of H-pyrrole nitrogens is 1. The summed E-state index contributed by atoms with van der Waals surface area (Å²) < 4.78 is 12.6. The molecule has 3 aromatic carbocycles. The lowest BCUT2D eigenvalue weighted by Gasteiger charge is -2.22. The normalized spacial score (nSPS) is 14.6. The highest BCUT2D eigenvalue weighted by molar-refractivity contribution is 6.16. The number of nitrogens with one attached hydrogen (secondary N) is 1. The average molecular weight is 325 g/mol. The highest BCUT2D eigenvalue weighted by Gasteiger charge is 2.27. The third kappa shape index (κ3) is 1.70. The van der Waals surface area contributed by atoms with E-state index in [0.717, 1.165) is 46.7 Å². The fourth-order valence-corrected chi connectivity index (χ4v) is 4.00. The second-order valence-electron chi connectivity index (χ2n) is 6.56. The monoisotopic (exact) mass is 325 g/mol. The van der Waals surface area contributed by atoms with Crippen molar-refractivity contribution in [2.45, 2.75) is 12.8 Å². The van der Waals surface area contributed by atoms with Gasteiger partial charge in [0.15, 0.2) is 23.0 Å². The first-order valence-electron chi connectivity index (χ1n) is 8.61. The number of rotatable bonds is 0. The molecular weight excluding hydrogens is 310 g/mol. The van der Waals surface area contributed by atoms with Crippen molar-refractivity contribution in [3.05, 3.63) is 65.9 Å². The summed E-state index contributed by atoms with van der Waals surface area (Å²) in [4.78, 5) is 3.61. The van der Waals surface area contributed by atoms with Crippen LogP contribution in [0.5, 0.6) is 23.0 Å². The summed E-state index contributed by atoms with van der Waals surface area (Å²) in [6, 6.07) is 16.2. The van der Waals surface area contributed by atoms with Gasteiger partial charge in [0.05, 0.1) is 5.52 Å². The van der Waals surface area contributed by atoms with E-state index in [9.17, 15) is 0 Å². The van der Waals surface area contributed by atoms with Crippen molar-refractivity contribution in [2.75, 3.05) is 0 Å². The van der Waals surface area contributed by atoms with Gasteiger partial charge in [-0.3, -0.25) is 0 Å². The molecule has 1 N–H and O–H groups in total. The third-order valence-electron chi connectivity index (χ3n) is 5.11. The third-order valence-corrected chi connectivity index (χ3v) is 5.11. The van der Waals surface area contributed by atoms with Crippen LogP contribution >= 0.6 is 0 Å². The van der Waals surface area contributed by atoms with Crippen LogP contribution in [0.4, 0.5) is 0 Å². The summed E-state index contributed by atoms with van der Waals surface area (Å²) in [5.41, 5.74) is 3.58. The lowest BCUT2D eigenvalue weighted by atomic mass is 9.97. The van der Waals surface area contributed by atoms with Crippen LogP contribution in [0.15, 0.2) is 54.6 Å². The topological polar surface area (TPSA) is 34.2 Å². The Bertz CT molecular complexity index is 1200. The number of hydrogen-bond acceptors (Lipinski definition) is 2. The van der Waals surface area contributed by atoms with E-state index in [1.54, 1.807) is 0 Å². The Labute approximate surface area is 144 Å². The standard InChI is InChI=1S/C22H15NO2/c1-2-8-14-13(7-1)19-15-9-3-4-10-16(15)23-20(19)22-21(14)24-17-11-5-6-12-18(17)25-22/h1-3,5-9,11-12,23H,4,10H2. The second kappa shape index (κ2) is 4.67. The number of aromatic nitrogens is 1. The molecule has 4 aromatic rings. The van der Waals surface area contributed by atoms with E-state index in [-0.39, 0.29) is 0 Å². The van der Waals surface area contributed by atoms with Crippen LogP contribution in [0.1, 0.15) is 17.7 Å². The van der Waals surface area contributed by atoms with E-state index in [4.69, 9.17) is 9.47 Å². The van der Waals surface area contributed by atoms with Crippen LogP contribution < -0.4 is 9.47 Å². The maximum Gasteiger partial charge on any atom is 0.194 e. The maximum atomic E-state index is 6.30. The molecule has 1 aromatic heterocycles. The van der Waals surface area contributed by atoms with Crippen molar-refractivity contribution in [3.8, 4) is 23.0 Å². The second-order valence-corrected chi connectivity index (χ2v) is 6.56. The molecular formula is C22H15NO2. The van der Waals surface area contributed by atoms with Crippen LogP contribution in [-0.2, 0) is 6.42 Å². The molecule has 0 bridgehead atoms. The van der Waals surface area contributed by atoms with Crippen LogP contribution in [0.25, 0.3) is 27.8 Å². The van der Waals surface area contributed by atoms with Gasteiger partial charge in [0.25, 0.3) is 0 Å². The Morgan fingerprint density at radius 3 is 2.36 bits per heavy atom. The predicted molar refractivity (Wildman–Crippen MR) is 99.7 cm³/mol. The van der Waals surface area contributed by atoms with Crippen LogP contribution in [0, 0.1) is 0 Å². The molecule has 2 aliphatic rings. The quantitative estimate of drug-likeness (QED) is 0.369. The van der Waals surface area contributed by atoms with E-state index in [1.165, 1.54) is 22.0 Å². The summed E-state index contributed by atoms with van der Waals surface area (Å²) in [7, 11) is 0.